The van der Waals surface area contributed by atoms with Gasteiger partial charge in [-0.3, -0.25) is 15.0 Å². The number of phenols is 1. The first-order valence-electron chi connectivity index (χ1n) is 10.7. The number of carbonyl (C=O) groups excluding carboxylic acids is 2. The molecule has 6 nitrogen and oxygen atoms in total. The number of imide groups is 1. The number of benzene rings is 1. The van der Waals surface area contributed by atoms with Gasteiger partial charge in [0.15, 0.2) is 0 Å². The Morgan fingerprint density at radius 2 is 2.04 bits per heavy atom. The summed E-state index contributed by atoms with van der Waals surface area (Å²) in [6.45, 7) is 2.24. The molecule has 5 aliphatic rings. The minimum atomic E-state index is -0.795. The molecule has 148 valence electrons. The van der Waals surface area contributed by atoms with Crippen LogP contribution >= 0.6 is 0 Å². The summed E-state index contributed by atoms with van der Waals surface area (Å²) in [5.74, 6) is 1.47. The lowest BCUT2D eigenvalue weighted by atomic mass is 9.49. The number of aromatic hydroxyl groups is 1. The summed E-state index contributed by atoms with van der Waals surface area (Å²) in [4.78, 5) is 27.4. The van der Waals surface area contributed by atoms with Gasteiger partial charge in [0.1, 0.15) is 11.3 Å². The Kier molecular flexibility index (Phi) is 3.31. The van der Waals surface area contributed by atoms with Gasteiger partial charge >= 0.3 is 6.03 Å². The van der Waals surface area contributed by atoms with E-state index in [2.05, 4.69) is 21.6 Å². The zero-order valence-electron chi connectivity index (χ0n) is 16.0. The number of fused-ring (bicyclic) bond motifs is 1. The number of carbonyl (C=O) groups is 2. The third-order valence-corrected chi connectivity index (χ3v) is 8.25. The van der Waals surface area contributed by atoms with E-state index < -0.39 is 5.54 Å². The van der Waals surface area contributed by atoms with Crippen LogP contribution in [0.1, 0.15) is 49.7 Å². The van der Waals surface area contributed by atoms with Crippen molar-refractivity contribution >= 4 is 11.9 Å². The van der Waals surface area contributed by atoms with Gasteiger partial charge in [-0.2, -0.15) is 0 Å². The highest BCUT2D eigenvalue weighted by Gasteiger charge is 2.62. The summed E-state index contributed by atoms with van der Waals surface area (Å²) in [6, 6.07) is 5.94. The first-order chi connectivity index (χ1) is 13.5. The first kappa shape index (κ1) is 16.8. The van der Waals surface area contributed by atoms with Crippen LogP contribution in [0.4, 0.5) is 4.79 Å². The number of nitrogens with one attached hydrogen (secondary N) is 2. The summed E-state index contributed by atoms with van der Waals surface area (Å²) in [5, 5.41) is 15.7. The van der Waals surface area contributed by atoms with Crippen molar-refractivity contribution in [1.82, 2.24) is 15.5 Å². The van der Waals surface area contributed by atoms with Crippen LogP contribution in [0, 0.1) is 11.8 Å². The SMILES string of the molecule is O=C1NC(=O)C2(CCC3C4Cc5ccc(O)cc5C3(CCN4CC3CC3)C2)N1. The average Bonchev–Trinajstić information content (AvgIpc) is 3.43. The van der Waals surface area contributed by atoms with Gasteiger partial charge in [-0.25, -0.2) is 4.79 Å². The molecule has 3 amide bonds. The van der Waals surface area contributed by atoms with E-state index in [0.717, 1.165) is 31.7 Å². The number of nitrogens with zero attached hydrogens (tertiary/aromatic N) is 1. The van der Waals surface area contributed by atoms with Crippen molar-refractivity contribution in [1.29, 1.82) is 0 Å². The predicted octanol–water partition coefficient (Wildman–Crippen LogP) is 2.05. The maximum Gasteiger partial charge on any atom is 0.322 e. The van der Waals surface area contributed by atoms with Gasteiger partial charge in [0.25, 0.3) is 5.91 Å². The van der Waals surface area contributed by atoms with Crippen LogP contribution < -0.4 is 10.6 Å². The summed E-state index contributed by atoms with van der Waals surface area (Å²) in [6.07, 6.45) is 7.03. The summed E-state index contributed by atoms with van der Waals surface area (Å²) >= 11 is 0. The van der Waals surface area contributed by atoms with Crippen LogP contribution in [0.3, 0.4) is 0 Å². The highest BCUT2D eigenvalue weighted by Crippen LogP contribution is 2.59. The van der Waals surface area contributed by atoms with Crippen LogP contribution in [0.5, 0.6) is 5.75 Å². The molecule has 3 N–H and O–H groups in total. The van der Waals surface area contributed by atoms with Crippen LogP contribution in [0.25, 0.3) is 0 Å². The number of amides is 3. The van der Waals surface area contributed by atoms with Crippen molar-refractivity contribution < 1.29 is 14.7 Å². The number of rotatable bonds is 2. The van der Waals surface area contributed by atoms with Crippen molar-refractivity contribution in [3.8, 4) is 5.75 Å². The molecule has 2 aliphatic heterocycles. The second kappa shape index (κ2) is 5.50. The van der Waals surface area contributed by atoms with Crippen LogP contribution in [-0.2, 0) is 16.6 Å². The number of phenolic OH excluding ortho intramolecular Hbond substituents is 1. The van der Waals surface area contributed by atoms with Crippen molar-refractivity contribution in [2.75, 3.05) is 13.1 Å². The molecule has 28 heavy (non-hydrogen) atoms. The quantitative estimate of drug-likeness (QED) is 0.685. The standard InChI is InChI=1S/C22H27N3O3/c26-15-4-3-14-9-18-16-5-6-22(19(27)23-20(28)24-22)12-21(16,17(14)10-15)7-8-25(18)11-13-1-2-13/h3-4,10,13,16,18,26H,1-2,5-9,11-12H2,(H2,23,24,27,28). The van der Waals surface area contributed by atoms with Gasteiger partial charge in [-0.1, -0.05) is 6.07 Å². The fraction of sp³-hybridized carbons (Fsp3) is 0.636. The van der Waals surface area contributed by atoms with Crippen molar-refractivity contribution in [3.05, 3.63) is 29.3 Å². The second-order valence-corrected chi connectivity index (χ2v) is 9.77. The molecule has 1 aromatic carbocycles. The Labute approximate surface area is 164 Å². The minimum absolute atomic E-state index is 0.149. The van der Waals surface area contributed by atoms with Crippen LogP contribution in [0.15, 0.2) is 18.2 Å². The molecule has 0 aromatic heterocycles. The molecule has 1 spiro atoms. The lowest BCUT2D eigenvalue weighted by molar-refractivity contribution is -0.129. The van der Waals surface area contributed by atoms with E-state index in [1.54, 1.807) is 6.07 Å². The summed E-state index contributed by atoms with van der Waals surface area (Å²) < 4.78 is 0. The minimum Gasteiger partial charge on any atom is -0.508 e. The van der Waals surface area contributed by atoms with Gasteiger partial charge in [0.2, 0.25) is 0 Å². The number of piperidine rings is 1. The molecule has 6 rings (SSSR count). The molecule has 4 fully saturated rings. The highest BCUT2D eigenvalue weighted by molar-refractivity contribution is 6.07. The van der Waals surface area contributed by atoms with Gasteiger partial charge in [0.05, 0.1) is 0 Å². The average molecular weight is 381 g/mol. The Balaban J connectivity index is 1.45. The van der Waals surface area contributed by atoms with Crippen LogP contribution in [-0.4, -0.2) is 46.6 Å². The van der Waals surface area contributed by atoms with Crippen molar-refractivity contribution in [2.45, 2.75) is 61.9 Å². The Morgan fingerprint density at radius 3 is 2.79 bits per heavy atom. The molecule has 2 bridgehead atoms. The van der Waals surface area contributed by atoms with E-state index in [-0.39, 0.29) is 17.4 Å². The largest absolute Gasteiger partial charge is 0.508 e. The lowest BCUT2D eigenvalue weighted by Gasteiger charge is -2.61. The monoisotopic (exact) mass is 381 g/mol. The smallest absolute Gasteiger partial charge is 0.322 e. The zero-order valence-corrected chi connectivity index (χ0v) is 16.0. The zero-order chi connectivity index (χ0) is 19.1. The summed E-state index contributed by atoms with van der Waals surface area (Å²) in [5.41, 5.74) is 1.58. The number of urea groups is 1. The number of likely N-dealkylation sites (tertiary alicyclic amines) is 1. The molecule has 2 saturated heterocycles. The van der Waals surface area contributed by atoms with Gasteiger partial charge in [-0.15, -0.1) is 0 Å². The molecular formula is C22H27N3O3. The third-order valence-electron chi connectivity index (χ3n) is 8.25. The lowest BCUT2D eigenvalue weighted by Crippen LogP contribution is -2.67. The molecule has 0 radical (unpaired) electrons. The maximum absolute atomic E-state index is 12.7. The van der Waals surface area contributed by atoms with E-state index in [4.69, 9.17) is 0 Å². The van der Waals surface area contributed by atoms with Gasteiger partial charge in [-0.05, 0) is 86.6 Å². The molecule has 4 unspecified atom stereocenters. The summed E-state index contributed by atoms with van der Waals surface area (Å²) in [7, 11) is 0. The fourth-order valence-electron chi connectivity index (χ4n) is 6.85. The third kappa shape index (κ3) is 2.24. The van der Waals surface area contributed by atoms with Crippen molar-refractivity contribution in [3.63, 3.8) is 0 Å². The molecule has 1 aromatic rings. The Bertz CT molecular complexity index is 882. The molecule has 3 aliphatic carbocycles. The number of hydrogen-bond acceptors (Lipinski definition) is 4. The maximum atomic E-state index is 12.7. The molecular weight excluding hydrogens is 354 g/mol. The van der Waals surface area contributed by atoms with E-state index in [9.17, 15) is 14.7 Å². The molecule has 6 heteroatoms. The van der Waals surface area contributed by atoms with E-state index in [0.29, 0.717) is 30.6 Å². The first-order valence-corrected chi connectivity index (χ1v) is 10.7. The number of hydrogen-bond donors (Lipinski definition) is 3. The molecule has 2 heterocycles. The predicted molar refractivity (Wildman–Crippen MR) is 103 cm³/mol. The molecule has 2 saturated carbocycles. The van der Waals surface area contributed by atoms with Crippen molar-refractivity contribution in [2.24, 2.45) is 11.8 Å². The Morgan fingerprint density at radius 1 is 1.18 bits per heavy atom. The van der Waals surface area contributed by atoms with E-state index in [1.807, 2.05) is 6.07 Å². The van der Waals surface area contributed by atoms with E-state index >= 15 is 0 Å². The normalized spacial score (nSPS) is 39.3. The highest BCUT2D eigenvalue weighted by atomic mass is 16.3. The van der Waals surface area contributed by atoms with E-state index in [1.165, 1.54) is 30.5 Å². The Hall–Kier alpha value is -2.08. The fourth-order valence-corrected chi connectivity index (χ4v) is 6.85. The van der Waals surface area contributed by atoms with Gasteiger partial charge in [0, 0.05) is 18.0 Å². The second-order valence-electron chi connectivity index (χ2n) is 9.77. The van der Waals surface area contributed by atoms with Gasteiger partial charge < -0.3 is 10.4 Å². The topological polar surface area (TPSA) is 81.7 Å². The molecule has 4 atom stereocenters. The van der Waals surface area contributed by atoms with Crippen LogP contribution in [0.2, 0.25) is 0 Å².